The molecule has 0 radical (unpaired) electrons. The summed E-state index contributed by atoms with van der Waals surface area (Å²) >= 11 is 0. The molecule has 0 saturated heterocycles. The maximum absolute atomic E-state index is 13.0. The third-order valence-electron chi connectivity index (χ3n) is 4.77. The van der Waals surface area contributed by atoms with Crippen LogP contribution in [0.4, 0.5) is 18.9 Å². The summed E-state index contributed by atoms with van der Waals surface area (Å²) in [5, 5.41) is 9.01. The number of halogens is 3. The van der Waals surface area contributed by atoms with E-state index in [1.165, 1.54) is 18.2 Å². The lowest BCUT2D eigenvalue weighted by molar-refractivity contribution is -0.139. The van der Waals surface area contributed by atoms with Gasteiger partial charge in [-0.25, -0.2) is 0 Å². The van der Waals surface area contributed by atoms with Crippen LogP contribution in [0.3, 0.4) is 0 Å². The van der Waals surface area contributed by atoms with E-state index in [0.29, 0.717) is 25.5 Å². The molecule has 9 heteroatoms. The predicted octanol–water partition coefficient (Wildman–Crippen LogP) is 3.77. The van der Waals surface area contributed by atoms with E-state index in [1.807, 2.05) is 31.2 Å². The SMILES string of the molecule is CCNC(=NCC1CC(=O)Nc2ccccc21)NCCOc1ccccc1C(F)(F)F. The summed E-state index contributed by atoms with van der Waals surface area (Å²) in [4.78, 5) is 16.5. The summed E-state index contributed by atoms with van der Waals surface area (Å²) in [5.41, 5.74) is 1.03. The molecule has 2 aromatic carbocycles. The summed E-state index contributed by atoms with van der Waals surface area (Å²) in [6.45, 7) is 3.23. The average Bonchev–Trinajstić information content (AvgIpc) is 2.74. The Morgan fingerprint density at radius 2 is 1.90 bits per heavy atom. The van der Waals surface area contributed by atoms with Crippen LogP contribution in [0.1, 0.15) is 30.4 Å². The molecule has 0 spiro atoms. The van der Waals surface area contributed by atoms with Gasteiger partial charge in [0.15, 0.2) is 5.96 Å². The lowest BCUT2D eigenvalue weighted by Gasteiger charge is -2.24. The Morgan fingerprint density at radius 1 is 1.16 bits per heavy atom. The zero-order chi connectivity index (χ0) is 22.3. The van der Waals surface area contributed by atoms with Crippen molar-refractivity contribution in [2.75, 3.05) is 31.6 Å². The highest BCUT2D eigenvalue weighted by molar-refractivity contribution is 5.94. The van der Waals surface area contributed by atoms with Crippen molar-refractivity contribution in [1.82, 2.24) is 10.6 Å². The number of rotatable bonds is 7. The van der Waals surface area contributed by atoms with Gasteiger partial charge in [0.25, 0.3) is 0 Å². The second-order valence-corrected chi connectivity index (χ2v) is 7.03. The highest BCUT2D eigenvalue weighted by atomic mass is 19.4. The van der Waals surface area contributed by atoms with Crippen LogP contribution in [0, 0.1) is 0 Å². The fraction of sp³-hybridized carbons (Fsp3) is 0.364. The van der Waals surface area contributed by atoms with Crippen LogP contribution in [-0.4, -0.2) is 38.1 Å². The van der Waals surface area contributed by atoms with E-state index < -0.39 is 11.7 Å². The van der Waals surface area contributed by atoms with Gasteiger partial charge in [-0.3, -0.25) is 9.79 Å². The number of aliphatic imine (C=N–C) groups is 1. The molecule has 31 heavy (non-hydrogen) atoms. The molecule has 3 N–H and O–H groups in total. The number of ether oxygens (including phenoxy) is 1. The minimum absolute atomic E-state index is 0.0339. The largest absolute Gasteiger partial charge is 0.491 e. The average molecular weight is 434 g/mol. The standard InChI is InChI=1S/C22H25F3N4O2/c1-2-26-21(27-11-12-31-19-10-6-4-8-17(19)22(23,24)25)28-14-15-13-20(30)29-18-9-5-3-7-16(15)18/h3-10,15H,2,11-14H2,1H3,(H,29,30)(H2,26,27,28). The molecule has 1 aliphatic rings. The van der Waals surface area contributed by atoms with E-state index in [-0.39, 0.29) is 30.7 Å². The van der Waals surface area contributed by atoms with Crippen molar-refractivity contribution >= 4 is 17.6 Å². The first-order chi connectivity index (χ1) is 14.9. The van der Waals surface area contributed by atoms with Crippen molar-refractivity contribution < 1.29 is 22.7 Å². The van der Waals surface area contributed by atoms with Gasteiger partial charge in [0, 0.05) is 24.6 Å². The summed E-state index contributed by atoms with van der Waals surface area (Å²) in [6.07, 6.45) is -4.12. The van der Waals surface area contributed by atoms with Gasteiger partial charge in [-0.15, -0.1) is 0 Å². The zero-order valence-corrected chi connectivity index (χ0v) is 17.1. The molecular weight excluding hydrogens is 409 g/mol. The summed E-state index contributed by atoms with van der Waals surface area (Å²) in [6, 6.07) is 12.7. The molecule has 0 fully saturated rings. The highest BCUT2D eigenvalue weighted by Gasteiger charge is 2.34. The van der Waals surface area contributed by atoms with Crippen molar-refractivity contribution in [2.24, 2.45) is 4.99 Å². The number of anilines is 1. The fourth-order valence-corrected chi connectivity index (χ4v) is 3.37. The smallest absolute Gasteiger partial charge is 0.419 e. The molecule has 0 aromatic heterocycles. The molecule has 2 aromatic rings. The van der Waals surface area contributed by atoms with E-state index >= 15 is 0 Å². The van der Waals surface area contributed by atoms with Crippen molar-refractivity contribution in [2.45, 2.75) is 25.4 Å². The molecule has 0 aliphatic carbocycles. The van der Waals surface area contributed by atoms with E-state index in [9.17, 15) is 18.0 Å². The topological polar surface area (TPSA) is 74.8 Å². The molecule has 166 valence electrons. The number of guanidine groups is 1. The minimum Gasteiger partial charge on any atom is -0.491 e. The molecule has 6 nitrogen and oxygen atoms in total. The van der Waals surface area contributed by atoms with Crippen LogP contribution in [0.25, 0.3) is 0 Å². The van der Waals surface area contributed by atoms with Crippen molar-refractivity contribution in [3.63, 3.8) is 0 Å². The second-order valence-electron chi connectivity index (χ2n) is 7.03. The van der Waals surface area contributed by atoms with Gasteiger partial charge < -0.3 is 20.7 Å². The maximum Gasteiger partial charge on any atom is 0.419 e. The first kappa shape index (κ1) is 22.5. The Hall–Kier alpha value is -3.23. The Labute approximate surface area is 178 Å². The Balaban J connectivity index is 1.57. The number of fused-ring (bicyclic) bond motifs is 1. The lowest BCUT2D eigenvalue weighted by atomic mass is 9.91. The van der Waals surface area contributed by atoms with E-state index in [4.69, 9.17) is 4.74 Å². The number of para-hydroxylation sites is 2. The fourth-order valence-electron chi connectivity index (χ4n) is 3.37. The zero-order valence-electron chi connectivity index (χ0n) is 17.1. The molecule has 1 unspecified atom stereocenters. The third kappa shape index (κ3) is 6.13. The number of hydrogen-bond donors (Lipinski definition) is 3. The molecule has 0 saturated carbocycles. The van der Waals surface area contributed by atoms with Crippen LogP contribution in [0.2, 0.25) is 0 Å². The normalized spacial score (nSPS) is 16.3. The molecule has 1 atom stereocenters. The van der Waals surface area contributed by atoms with Crippen LogP contribution in [-0.2, 0) is 11.0 Å². The Kier molecular flexibility index (Phi) is 7.38. The highest BCUT2D eigenvalue weighted by Crippen LogP contribution is 2.35. The van der Waals surface area contributed by atoms with Gasteiger partial charge in [0.05, 0.1) is 18.7 Å². The van der Waals surface area contributed by atoms with Gasteiger partial charge in [-0.2, -0.15) is 13.2 Å². The number of carbonyl (C=O) groups is 1. The van der Waals surface area contributed by atoms with Gasteiger partial charge in [0.1, 0.15) is 12.4 Å². The van der Waals surface area contributed by atoms with Crippen LogP contribution in [0.15, 0.2) is 53.5 Å². The van der Waals surface area contributed by atoms with Crippen LogP contribution >= 0.6 is 0 Å². The lowest BCUT2D eigenvalue weighted by Crippen LogP contribution is -2.39. The number of carbonyl (C=O) groups excluding carboxylic acids is 1. The molecule has 1 amide bonds. The predicted molar refractivity (Wildman–Crippen MR) is 113 cm³/mol. The van der Waals surface area contributed by atoms with Crippen molar-refractivity contribution in [3.05, 3.63) is 59.7 Å². The first-order valence-corrected chi connectivity index (χ1v) is 10.1. The quantitative estimate of drug-likeness (QED) is 0.352. The van der Waals surface area contributed by atoms with E-state index in [0.717, 1.165) is 17.3 Å². The number of nitrogens with one attached hydrogen (secondary N) is 3. The Bertz CT molecular complexity index is 931. The van der Waals surface area contributed by atoms with E-state index in [2.05, 4.69) is 20.9 Å². The molecular formula is C22H25F3N4O2. The van der Waals surface area contributed by atoms with Crippen LogP contribution in [0.5, 0.6) is 5.75 Å². The molecule has 1 aliphatic heterocycles. The van der Waals surface area contributed by atoms with Gasteiger partial charge in [-0.1, -0.05) is 30.3 Å². The third-order valence-corrected chi connectivity index (χ3v) is 4.77. The Morgan fingerprint density at radius 3 is 2.68 bits per heavy atom. The summed E-state index contributed by atoms with van der Waals surface area (Å²) in [7, 11) is 0. The second kappa shape index (κ2) is 10.2. The minimum atomic E-state index is -4.47. The number of nitrogens with zero attached hydrogens (tertiary/aromatic N) is 1. The van der Waals surface area contributed by atoms with Gasteiger partial charge in [0.2, 0.25) is 5.91 Å². The van der Waals surface area contributed by atoms with Gasteiger partial charge >= 0.3 is 6.18 Å². The molecule has 3 rings (SSSR count). The number of amides is 1. The monoisotopic (exact) mass is 434 g/mol. The van der Waals surface area contributed by atoms with Crippen LogP contribution < -0.4 is 20.7 Å². The number of hydrogen-bond acceptors (Lipinski definition) is 3. The molecule has 0 bridgehead atoms. The van der Waals surface area contributed by atoms with Crippen molar-refractivity contribution in [1.29, 1.82) is 0 Å². The van der Waals surface area contributed by atoms with E-state index in [1.54, 1.807) is 0 Å². The van der Waals surface area contributed by atoms with Gasteiger partial charge in [-0.05, 0) is 30.7 Å². The van der Waals surface area contributed by atoms with Crippen molar-refractivity contribution in [3.8, 4) is 5.75 Å². The first-order valence-electron chi connectivity index (χ1n) is 10.1. The number of benzene rings is 2. The number of alkyl halides is 3. The molecule has 1 heterocycles. The summed E-state index contributed by atoms with van der Waals surface area (Å²) < 4.78 is 44.5. The summed E-state index contributed by atoms with van der Waals surface area (Å²) in [5.74, 6) is 0.214. The maximum atomic E-state index is 13.0.